The summed E-state index contributed by atoms with van der Waals surface area (Å²) in [5.41, 5.74) is 1.71. The number of carbonyl (C=O) groups is 6. The van der Waals surface area contributed by atoms with E-state index in [4.69, 9.17) is 33.5 Å². The van der Waals surface area contributed by atoms with Crippen LogP contribution in [0.3, 0.4) is 0 Å². The Balaban J connectivity index is 1.42. The predicted octanol–water partition coefficient (Wildman–Crippen LogP) is 6.08. The number of hydrogen-bond donors (Lipinski definition) is 3. The SMILES string of the molecule is CO[C@H]1C[C@@H]2CC[C@@H](C)[C@@](O)(O2)C(=O)C(=O)N2CCCC[C@H]2C(=O)O[C@H]([C@H](C)C[C@@H]2CC[C@@H](OCc3cn(CC(=O)O)nn3)[C@H](OC)C2)CC(=O)[C@H](C)/C=C(\C)[C@@H](O)[C@@H](OC)C(=O)[C@H](C)C[C@H](C)/C=C/C=C/C=C/1C. The van der Waals surface area contributed by atoms with Crippen LogP contribution in [-0.2, 0) is 70.3 Å². The quantitative estimate of drug-likeness (QED) is 0.129. The number of carboxylic acid groups (broad SMARTS) is 1. The average molecular weight is 1050 g/mol. The first-order chi connectivity index (χ1) is 35.6. The van der Waals surface area contributed by atoms with E-state index in [1.54, 1.807) is 48.0 Å². The number of ether oxygens (including phenoxy) is 6. The highest BCUT2D eigenvalue weighted by Crippen LogP contribution is 2.38. The molecular formula is C56H84N4O15. The smallest absolute Gasteiger partial charge is 0.329 e. The summed E-state index contributed by atoms with van der Waals surface area (Å²) in [5.74, 6) is -9.35. The lowest BCUT2D eigenvalue weighted by Gasteiger charge is -2.42. The van der Waals surface area contributed by atoms with Gasteiger partial charge in [-0.25, -0.2) is 9.48 Å². The minimum atomic E-state index is -2.46. The number of carbonyl (C=O) groups excluding carboxylic acids is 5. The Kier molecular flexibility index (Phi) is 23.3. The summed E-state index contributed by atoms with van der Waals surface area (Å²) in [5, 5.41) is 40.5. The number of nitrogens with zero attached hydrogens (tertiary/aromatic N) is 4. The molecule has 1 aliphatic carbocycles. The zero-order valence-electron chi connectivity index (χ0n) is 45.8. The summed E-state index contributed by atoms with van der Waals surface area (Å²) in [7, 11) is 4.54. The Morgan fingerprint density at radius 2 is 1.64 bits per heavy atom. The molecule has 2 bridgehead atoms. The summed E-state index contributed by atoms with van der Waals surface area (Å²) >= 11 is 0. The molecule has 19 nitrogen and oxygen atoms in total. The normalized spacial score (nSPS) is 36.6. The molecule has 1 amide bonds. The molecule has 3 fully saturated rings. The van der Waals surface area contributed by atoms with Crippen LogP contribution in [0.1, 0.15) is 131 Å². The number of allylic oxidation sites excluding steroid dienone is 6. The highest BCUT2D eigenvalue weighted by molar-refractivity contribution is 6.39. The van der Waals surface area contributed by atoms with E-state index in [2.05, 4.69) is 10.3 Å². The summed E-state index contributed by atoms with van der Waals surface area (Å²) in [6.07, 6.45) is 12.7. The van der Waals surface area contributed by atoms with Crippen LogP contribution in [0.15, 0.2) is 53.8 Å². The molecule has 2 saturated heterocycles. The van der Waals surface area contributed by atoms with Gasteiger partial charge in [0, 0.05) is 58.5 Å². The van der Waals surface area contributed by atoms with E-state index in [9.17, 15) is 39.0 Å². The molecule has 3 aliphatic heterocycles. The number of Topliss-reactive ketones (excluding diaryl/α,β-unsaturated/α-hetero) is 3. The van der Waals surface area contributed by atoms with E-state index in [1.807, 2.05) is 51.2 Å². The molecule has 1 saturated carbocycles. The highest BCUT2D eigenvalue weighted by atomic mass is 16.6. The molecule has 5 rings (SSSR count). The van der Waals surface area contributed by atoms with Crippen LogP contribution in [-0.4, -0.2) is 153 Å². The minimum Gasteiger partial charge on any atom is -0.480 e. The van der Waals surface area contributed by atoms with Crippen molar-refractivity contribution in [3.8, 4) is 0 Å². The zero-order chi connectivity index (χ0) is 55.1. The molecule has 0 aromatic carbocycles. The minimum absolute atomic E-state index is 0.000277. The number of methoxy groups -OCH3 is 3. The first-order valence-electron chi connectivity index (χ1n) is 26.8. The number of cyclic esters (lactones) is 1. The number of rotatable bonds is 11. The van der Waals surface area contributed by atoms with Gasteiger partial charge in [-0.2, -0.15) is 0 Å². The van der Waals surface area contributed by atoms with Gasteiger partial charge in [-0.3, -0.25) is 24.0 Å². The second-order valence-corrected chi connectivity index (χ2v) is 21.7. The first kappa shape index (κ1) is 61.1. The third-order valence-corrected chi connectivity index (χ3v) is 15.8. The standard InChI is InChI=1S/C56H84N4O15/c1-33-16-12-11-13-17-34(2)46(70-8)28-42-21-19-39(7)56(69,75-42)53(66)54(67)60-23-15-14-18-43(60)55(68)74-47(29-44(61)35(3)25-38(6)51(65)52(72-10)50(64)37(5)24-33)36(4)26-40-20-22-45(48(27-40)71-9)73-32-41-30-59(58-57-41)31-49(62)63/h11-13,16-17,25,30,33,35-37,39-40,42-43,45-48,51-52,65,69H,14-15,18-24,26-29,31-32H2,1-10H3,(H,62,63)/b13-11+,16-12+,34-17+,38-25+/t33-,35-,36-,37-,39-,40+,42+,43+,45-,46+,47+,48-,51-,52+,56-/m1/s1. The molecule has 4 heterocycles. The number of esters is 1. The van der Waals surface area contributed by atoms with Crippen LogP contribution in [0.4, 0.5) is 0 Å². The molecule has 0 spiro atoms. The van der Waals surface area contributed by atoms with Gasteiger partial charge in [0.1, 0.15) is 42.4 Å². The number of amides is 1. The Morgan fingerprint density at radius 1 is 0.893 bits per heavy atom. The Hall–Kier alpha value is -4.76. The van der Waals surface area contributed by atoms with Crippen molar-refractivity contribution in [2.45, 2.75) is 193 Å². The van der Waals surface area contributed by atoms with Gasteiger partial charge in [0.25, 0.3) is 11.7 Å². The number of aliphatic carboxylic acids is 1. The van der Waals surface area contributed by atoms with Crippen molar-refractivity contribution < 1.29 is 72.5 Å². The van der Waals surface area contributed by atoms with E-state index < -0.39 is 89.6 Å². The van der Waals surface area contributed by atoms with Gasteiger partial charge < -0.3 is 48.6 Å². The third-order valence-electron chi connectivity index (χ3n) is 15.8. The largest absolute Gasteiger partial charge is 0.480 e. The number of ketones is 3. The number of fused-ring (bicyclic) bond motifs is 3. The fourth-order valence-electron chi connectivity index (χ4n) is 11.1. The van der Waals surface area contributed by atoms with Crippen molar-refractivity contribution in [3.05, 3.63) is 59.5 Å². The van der Waals surface area contributed by atoms with E-state index in [1.165, 1.54) is 22.9 Å². The molecule has 1 aromatic heterocycles. The maximum Gasteiger partial charge on any atom is 0.329 e. The topological polar surface area (TPSA) is 252 Å². The Labute approximate surface area is 442 Å². The van der Waals surface area contributed by atoms with Crippen molar-refractivity contribution in [2.75, 3.05) is 27.9 Å². The van der Waals surface area contributed by atoms with Crippen molar-refractivity contribution >= 4 is 35.2 Å². The van der Waals surface area contributed by atoms with Crippen molar-refractivity contribution in [1.29, 1.82) is 0 Å². The molecular weight excluding hydrogens is 969 g/mol. The molecule has 3 N–H and O–H groups in total. The highest BCUT2D eigenvalue weighted by Gasteiger charge is 2.53. The Morgan fingerprint density at radius 3 is 2.33 bits per heavy atom. The molecule has 4 aliphatic rings. The van der Waals surface area contributed by atoms with Gasteiger partial charge in [-0.05, 0) is 107 Å². The second kappa shape index (κ2) is 28.6. The van der Waals surface area contributed by atoms with E-state index in [0.717, 1.165) is 12.0 Å². The average Bonchev–Trinajstić information content (AvgIpc) is 3.83. The zero-order valence-corrected chi connectivity index (χ0v) is 45.8. The predicted molar refractivity (Wildman–Crippen MR) is 275 cm³/mol. The van der Waals surface area contributed by atoms with Crippen LogP contribution < -0.4 is 0 Å². The Bertz CT molecular complexity index is 2240. The number of aliphatic hydroxyl groups excluding tert-OH is 1. The molecule has 1 aromatic rings. The second-order valence-electron chi connectivity index (χ2n) is 21.7. The summed E-state index contributed by atoms with van der Waals surface area (Å²) in [4.78, 5) is 83.7. The van der Waals surface area contributed by atoms with E-state index >= 15 is 0 Å². The first-order valence-corrected chi connectivity index (χ1v) is 26.8. The monoisotopic (exact) mass is 1050 g/mol. The number of aromatic nitrogens is 3. The van der Waals surface area contributed by atoms with Crippen LogP contribution in [0.25, 0.3) is 0 Å². The van der Waals surface area contributed by atoms with Crippen molar-refractivity contribution in [2.24, 2.45) is 35.5 Å². The number of piperidine rings is 1. The lowest BCUT2D eigenvalue weighted by Crippen LogP contribution is -2.61. The summed E-state index contributed by atoms with van der Waals surface area (Å²) in [6, 6.07) is -1.18. The molecule has 19 heteroatoms. The molecule has 0 radical (unpaired) electrons. The summed E-state index contributed by atoms with van der Waals surface area (Å²) < 4.78 is 37.3. The van der Waals surface area contributed by atoms with Gasteiger partial charge in [-0.1, -0.05) is 76.3 Å². The number of hydrogen-bond acceptors (Lipinski definition) is 16. The molecule has 418 valence electrons. The summed E-state index contributed by atoms with van der Waals surface area (Å²) in [6.45, 7) is 12.4. The molecule has 0 unspecified atom stereocenters. The van der Waals surface area contributed by atoms with Crippen molar-refractivity contribution in [1.82, 2.24) is 19.9 Å². The third kappa shape index (κ3) is 16.6. The van der Waals surface area contributed by atoms with Gasteiger partial charge in [0.2, 0.25) is 5.79 Å². The van der Waals surface area contributed by atoms with Crippen molar-refractivity contribution in [3.63, 3.8) is 0 Å². The lowest BCUT2D eigenvalue weighted by molar-refractivity contribution is -0.265. The van der Waals surface area contributed by atoms with E-state index in [0.29, 0.717) is 69.1 Å². The number of aliphatic hydroxyl groups is 2. The fourth-order valence-corrected chi connectivity index (χ4v) is 11.1. The van der Waals surface area contributed by atoms with Crippen LogP contribution >= 0.6 is 0 Å². The molecule has 75 heavy (non-hydrogen) atoms. The maximum atomic E-state index is 14.6. The van der Waals surface area contributed by atoms with E-state index in [-0.39, 0.29) is 68.1 Å². The van der Waals surface area contributed by atoms with Gasteiger partial charge >= 0.3 is 11.9 Å². The van der Waals surface area contributed by atoms with Crippen LogP contribution in [0, 0.1) is 35.5 Å². The van der Waals surface area contributed by atoms with Gasteiger partial charge in [0.05, 0.1) is 37.2 Å². The van der Waals surface area contributed by atoms with Gasteiger partial charge in [-0.15, -0.1) is 5.10 Å². The maximum absolute atomic E-state index is 14.6. The van der Waals surface area contributed by atoms with Crippen LogP contribution in [0.5, 0.6) is 0 Å². The fraction of sp³-hybridized carbons (Fsp3) is 0.714. The number of carboxylic acids is 1. The van der Waals surface area contributed by atoms with Gasteiger partial charge in [0.15, 0.2) is 5.78 Å². The lowest BCUT2D eigenvalue weighted by atomic mass is 9.78. The van der Waals surface area contributed by atoms with Crippen LogP contribution in [0.2, 0.25) is 0 Å². The molecule has 15 atom stereocenters.